The summed E-state index contributed by atoms with van der Waals surface area (Å²) in [4.78, 5) is 3.98. The van der Waals surface area contributed by atoms with Crippen molar-refractivity contribution in [2.75, 3.05) is 17.6 Å². The van der Waals surface area contributed by atoms with Crippen LogP contribution in [0.2, 0.25) is 0 Å². The van der Waals surface area contributed by atoms with Crippen molar-refractivity contribution in [3.8, 4) is 0 Å². The molecule has 0 saturated heterocycles. The largest absolute Gasteiger partial charge is 0.390 e. The maximum atomic E-state index is 12.0. The summed E-state index contributed by atoms with van der Waals surface area (Å²) < 4.78 is 24.3. The molecule has 4 N–H and O–H groups in total. The summed E-state index contributed by atoms with van der Waals surface area (Å²) in [7, 11) is -3.49. The molecule has 2 aromatic rings. The van der Waals surface area contributed by atoms with Gasteiger partial charge < -0.3 is 16.2 Å². The number of anilines is 1. The topological polar surface area (TPSA) is 105 Å². The van der Waals surface area contributed by atoms with Crippen LogP contribution in [0.1, 0.15) is 5.56 Å². The summed E-state index contributed by atoms with van der Waals surface area (Å²) in [6, 6.07) is 10.7. The lowest BCUT2D eigenvalue weighted by Crippen LogP contribution is -2.28. The van der Waals surface area contributed by atoms with E-state index in [-0.39, 0.29) is 46.4 Å². The van der Waals surface area contributed by atoms with Crippen molar-refractivity contribution < 1.29 is 13.5 Å². The molecule has 24 heavy (non-hydrogen) atoms. The van der Waals surface area contributed by atoms with E-state index < -0.39 is 15.9 Å². The molecule has 1 aromatic carbocycles. The van der Waals surface area contributed by atoms with Crippen molar-refractivity contribution in [3.63, 3.8) is 0 Å². The number of aryl methyl sites for hydroxylation is 1. The summed E-state index contributed by atoms with van der Waals surface area (Å²) in [5.41, 5.74) is 7.63. The van der Waals surface area contributed by atoms with Crippen molar-refractivity contribution in [1.29, 1.82) is 0 Å². The van der Waals surface area contributed by atoms with E-state index in [9.17, 15) is 13.5 Å². The Morgan fingerprint density at radius 2 is 2.00 bits per heavy atom. The first-order chi connectivity index (χ1) is 10.9. The zero-order valence-electron chi connectivity index (χ0n) is 13.0. The van der Waals surface area contributed by atoms with Crippen LogP contribution in [-0.4, -0.2) is 37.9 Å². The van der Waals surface area contributed by atoms with Gasteiger partial charge in [0.2, 0.25) is 0 Å². The number of nitrogens with one attached hydrogen (secondary N) is 1. The van der Waals surface area contributed by atoms with Gasteiger partial charge in [0.1, 0.15) is 4.21 Å². The second-order valence-electron chi connectivity index (χ2n) is 5.08. The molecule has 132 valence electrons. The standard InChI is InChI=1S/C15H19N3O3S2.HI/c1-11-4-6-12(7-5-11)18-15(16)17-9-13(19)10-23(20,21)14-3-2-8-22-14;/h2-8,13,19H,9-10H2,1H3,(H3,16,17,18);1H. The highest BCUT2D eigenvalue weighted by Crippen LogP contribution is 2.18. The van der Waals surface area contributed by atoms with Gasteiger partial charge in [-0.3, -0.25) is 4.99 Å². The molecule has 0 aliphatic heterocycles. The van der Waals surface area contributed by atoms with Gasteiger partial charge in [0.25, 0.3) is 0 Å². The number of rotatable bonds is 6. The number of nitrogens with two attached hydrogens (primary N) is 1. The fourth-order valence-electron chi connectivity index (χ4n) is 1.86. The van der Waals surface area contributed by atoms with Crippen LogP contribution in [0.3, 0.4) is 0 Å². The van der Waals surface area contributed by atoms with Crippen molar-refractivity contribution in [3.05, 3.63) is 47.3 Å². The molecule has 1 unspecified atom stereocenters. The zero-order valence-corrected chi connectivity index (χ0v) is 17.0. The van der Waals surface area contributed by atoms with Gasteiger partial charge in [0.15, 0.2) is 15.8 Å². The molecule has 0 spiro atoms. The lowest BCUT2D eigenvalue weighted by atomic mass is 10.2. The fourth-order valence-corrected chi connectivity index (χ4v) is 4.32. The van der Waals surface area contributed by atoms with Crippen LogP contribution in [0.4, 0.5) is 5.69 Å². The van der Waals surface area contributed by atoms with E-state index in [4.69, 9.17) is 5.73 Å². The maximum absolute atomic E-state index is 12.0. The summed E-state index contributed by atoms with van der Waals surface area (Å²) in [5, 5.41) is 14.4. The number of aliphatic hydroxyl groups is 1. The average molecular weight is 481 g/mol. The second-order valence-corrected chi connectivity index (χ2v) is 8.29. The first-order valence-electron chi connectivity index (χ1n) is 6.95. The predicted octanol–water partition coefficient (Wildman–Crippen LogP) is 2.24. The van der Waals surface area contributed by atoms with E-state index in [1.165, 1.54) is 6.07 Å². The summed E-state index contributed by atoms with van der Waals surface area (Å²) in [6.45, 7) is 1.89. The number of guanidine groups is 1. The molecule has 0 aliphatic rings. The van der Waals surface area contributed by atoms with Crippen molar-refractivity contribution in [1.82, 2.24) is 0 Å². The molecule has 1 aromatic heterocycles. The Kier molecular flexibility index (Phi) is 8.13. The van der Waals surface area contributed by atoms with Gasteiger partial charge in [-0.05, 0) is 30.5 Å². The van der Waals surface area contributed by atoms with Crippen molar-refractivity contribution in [2.24, 2.45) is 10.7 Å². The van der Waals surface area contributed by atoms with Gasteiger partial charge in [-0.15, -0.1) is 35.3 Å². The molecule has 0 amide bonds. The van der Waals surface area contributed by atoms with Gasteiger partial charge in [0, 0.05) is 5.69 Å². The highest BCUT2D eigenvalue weighted by molar-refractivity contribution is 14.0. The van der Waals surface area contributed by atoms with Gasteiger partial charge in [-0.2, -0.15) is 0 Å². The minimum atomic E-state index is -3.49. The molecule has 2 rings (SSSR count). The van der Waals surface area contributed by atoms with Crippen molar-refractivity contribution in [2.45, 2.75) is 17.2 Å². The van der Waals surface area contributed by atoms with Gasteiger partial charge >= 0.3 is 0 Å². The lowest BCUT2D eigenvalue weighted by Gasteiger charge is -2.09. The Bertz CT molecular complexity index is 760. The summed E-state index contributed by atoms with van der Waals surface area (Å²) >= 11 is 1.13. The highest BCUT2D eigenvalue weighted by atomic mass is 127. The number of hydrogen-bond donors (Lipinski definition) is 3. The second kappa shape index (κ2) is 9.35. The van der Waals surface area contributed by atoms with Crippen LogP contribution in [0.5, 0.6) is 0 Å². The molecule has 0 aliphatic carbocycles. The Hall–Kier alpha value is -1.17. The quantitative estimate of drug-likeness (QED) is 0.334. The molecular formula is C15H20IN3O3S2. The summed E-state index contributed by atoms with van der Waals surface area (Å²) in [6.07, 6.45) is -1.11. The molecule has 1 heterocycles. The molecule has 0 saturated carbocycles. The minimum absolute atomic E-state index is 0. The van der Waals surface area contributed by atoms with Crippen LogP contribution in [0.25, 0.3) is 0 Å². The number of thiophene rings is 1. The molecule has 1 atom stereocenters. The Labute approximate surface area is 162 Å². The molecule has 6 nitrogen and oxygen atoms in total. The Morgan fingerprint density at radius 3 is 2.58 bits per heavy atom. The van der Waals surface area contributed by atoms with Crippen molar-refractivity contribution >= 4 is 56.8 Å². The van der Waals surface area contributed by atoms with Gasteiger partial charge in [-0.1, -0.05) is 23.8 Å². The molecule has 9 heteroatoms. The smallest absolute Gasteiger partial charge is 0.193 e. The molecule has 0 bridgehead atoms. The lowest BCUT2D eigenvalue weighted by molar-refractivity contribution is 0.206. The van der Waals surface area contributed by atoms with Crippen LogP contribution in [0, 0.1) is 6.92 Å². The zero-order chi connectivity index (χ0) is 16.9. The number of aliphatic imine (C=N–C) groups is 1. The SMILES string of the molecule is Cc1ccc(NC(N)=NCC(O)CS(=O)(=O)c2cccs2)cc1.I. The van der Waals surface area contributed by atoms with E-state index in [0.29, 0.717) is 0 Å². The van der Waals surface area contributed by atoms with Crippen LogP contribution < -0.4 is 11.1 Å². The molecular weight excluding hydrogens is 461 g/mol. The number of aliphatic hydroxyl groups excluding tert-OH is 1. The third-order valence-electron chi connectivity index (χ3n) is 3.01. The molecule has 0 fully saturated rings. The van der Waals surface area contributed by atoms with Crippen LogP contribution in [0.15, 0.2) is 51.0 Å². The van der Waals surface area contributed by atoms with Gasteiger partial charge in [-0.25, -0.2) is 8.42 Å². The monoisotopic (exact) mass is 481 g/mol. The predicted molar refractivity (Wildman–Crippen MR) is 109 cm³/mol. The number of benzene rings is 1. The first-order valence-corrected chi connectivity index (χ1v) is 9.48. The Balaban J connectivity index is 0.00000288. The average Bonchev–Trinajstić information content (AvgIpc) is 3.02. The molecule has 0 radical (unpaired) electrons. The van der Waals surface area contributed by atoms with E-state index >= 15 is 0 Å². The van der Waals surface area contributed by atoms with E-state index in [1.54, 1.807) is 11.4 Å². The Morgan fingerprint density at radius 1 is 1.33 bits per heavy atom. The van der Waals surface area contributed by atoms with E-state index in [1.807, 2.05) is 31.2 Å². The number of sulfone groups is 1. The fraction of sp³-hybridized carbons (Fsp3) is 0.267. The van der Waals surface area contributed by atoms with Crippen LogP contribution >= 0.6 is 35.3 Å². The third kappa shape index (κ3) is 6.38. The number of hydrogen-bond acceptors (Lipinski definition) is 5. The third-order valence-corrected chi connectivity index (χ3v) is 6.29. The summed E-state index contributed by atoms with van der Waals surface area (Å²) in [5.74, 6) is -0.254. The van der Waals surface area contributed by atoms with Gasteiger partial charge in [0.05, 0.1) is 18.4 Å². The first kappa shape index (κ1) is 20.9. The normalized spacial score (nSPS) is 13.2. The maximum Gasteiger partial charge on any atom is 0.193 e. The minimum Gasteiger partial charge on any atom is -0.390 e. The highest BCUT2D eigenvalue weighted by Gasteiger charge is 2.20. The van der Waals surface area contributed by atoms with E-state index in [0.717, 1.165) is 22.6 Å². The van der Waals surface area contributed by atoms with Crippen LogP contribution in [-0.2, 0) is 9.84 Å². The number of halogens is 1. The van der Waals surface area contributed by atoms with E-state index in [2.05, 4.69) is 10.3 Å². The number of nitrogens with zero attached hydrogens (tertiary/aromatic N) is 1.